The van der Waals surface area contributed by atoms with Crippen LogP contribution in [0.25, 0.3) is 0 Å². The zero-order valence-electron chi connectivity index (χ0n) is 11.7. The quantitative estimate of drug-likeness (QED) is 0.923. The molecule has 1 aromatic carbocycles. The van der Waals surface area contributed by atoms with Crippen molar-refractivity contribution in [2.24, 2.45) is 11.7 Å². The van der Waals surface area contributed by atoms with Crippen molar-refractivity contribution in [1.82, 2.24) is 14.8 Å². The maximum absolute atomic E-state index is 6.17. The van der Waals surface area contributed by atoms with Crippen molar-refractivity contribution in [3.05, 3.63) is 42.0 Å². The Hall–Kier alpha value is -1.88. The van der Waals surface area contributed by atoms with Gasteiger partial charge in [-0.2, -0.15) is 5.10 Å². The molecule has 1 aliphatic heterocycles. The van der Waals surface area contributed by atoms with E-state index in [0.717, 1.165) is 30.4 Å². The van der Waals surface area contributed by atoms with Gasteiger partial charge >= 0.3 is 0 Å². The fourth-order valence-corrected chi connectivity index (χ4v) is 2.46. The number of nitrogens with two attached hydrogens (primary N) is 1. The first-order chi connectivity index (χ1) is 9.74. The molecule has 2 aromatic rings. The van der Waals surface area contributed by atoms with Crippen molar-refractivity contribution in [2.75, 3.05) is 6.61 Å². The molecule has 2 N–H and O–H groups in total. The predicted octanol–water partition coefficient (Wildman–Crippen LogP) is 1.94. The van der Waals surface area contributed by atoms with Crippen LogP contribution >= 0.6 is 0 Å². The SMILES string of the molecule is CC1CCn2nc(CCOc3ccccc3)nc2C1N. The van der Waals surface area contributed by atoms with Crippen LogP contribution in [0.1, 0.15) is 31.0 Å². The molecule has 2 unspecified atom stereocenters. The predicted molar refractivity (Wildman–Crippen MR) is 76.4 cm³/mol. The summed E-state index contributed by atoms with van der Waals surface area (Å²) >= 11 is 0. The van der Waals surface area contributed by atoms with Gasteiger partial charge in [0.15, 0.2) is 5.82 Å². The van der Waals surface area contributed by atoms with E-state index in [-0.39, 0.29) is 6.04 Å². The number of hydrogen-bond acceptors (Lipinski definition) is 4. The molecule has 3 rings (SSSR count). The van der Waals surface area contributed by atoms with Crippen LogP contribution in [0, 0.1) is 5.92 Å². The second-order valence-electron chi connectivity index (χ2n) is 5.31. The van der Waals surface area contributed by atoms with E-state index in [2.05, 4.69) is 17.0 Å². The molecule has 106 valence electrons. The number of ether oxygens (including phenoxy) is 1. The lowest BCUT2D eigenvalue weighted by molar-refractivity contribution is 0.316. The molecule has 0 fully saturated rings. The summed E-state index contributed by atoms with van der Waals surface area (Å²) in [6.45, 7) is 3.66. The molecule has 0 radical (unpaired) electrons. The van der Waals surface area contributed by atoms with Gasteiger partial charge in [0.1, 0.15) is 11.6 Å². The monoisotopic (exact) mass is 272 g/mol. The highest BCUT2D eigenvalue weighted by atomic mass is 16.5. The van der Waals surface area contributed by atoms with E-state index in [1.807, 2.05) is 35.0 Å². The second kappa shape index (κ2) is 5.63. The molecule has 2 atom stereocenters. The van der Waals surface area contributed by atoms with Crippen LogP contribution in [-0.4, -0.2) is 21.4 Å². The van der Waals surface area contributed by atoms with Crippen LogP contribution in [0.15, 0.2) is 30.3 Å². The number of para-hydroxylation sites is 1. The number of nitrogens with zero attached hydrogens (tertiary/aromatic N) is 3. The van der Waals surface area contributed by atoms with Crippen LogP contribution in [0.5, 0.6) is 5.75 Å². The third-order valence-corrected chi connectivity index (χ3v) is 3.79. The van der Waals surface area contributed by atoms with Crippen molar-refractivity contribution in [3.63, 3.8) is 0 Å². The van der Waals surface area contributed by atoms with Gasteiger partial charge in [0.2, 0.25) is 0 Å². The van der Waals surface area contributed by atoms with E-state index in [4.69, 9.17) is 10.5 Å². The number of aromatic nitrogens is 3. The molecule has 2 heterocycles. The maximum atomic E-state index is 6.17. The fourth-order valence-electron chi connectivity index (χ4n) is 2.46. The minimum absolute atomic E-state index is 0.0000386. The van der Waals surface area contributed by atoms with E-state index < -0.39 is 0 Å². The summed E-state index contributed by atoms with van der Waals surface area (Å²) in [5.41, 5.74) is 6.17. The fraction of sp³-hybridized carbons (Fsp3) is 0.467. The molecule has 0 amide bonds. The highest BCUT2D eigenvalue weighted by Crippen LogP contribution is 2.26. The molecule has 0 aliphatic carbocycles. The van der Waals surface area contributed by atoms with Crippen LogP contribution in [0.2, 0.25) is 0 Å². The maximum Gasteiger partial charge on any atom is 0.154 e. The first-order valence-corrected chi connectivity index (χ1v) is 7.11. The average Bonchev–Trinajstić information content (AvgIpc) is 2.88. The Labute approximate surface area is 118 Å². The average molecular weight is 272 g/mol. The van der Waals surface area contributed by atoms with E-state index in [9.17, 15) is 0 Å². The van der Waals surface area contributed by atoms with E-state index >= 15 is 0 Å². The first-order valence-electron chi connectivity index (χ1n) is 7.11. The lowest BCUT2D eigenvalue weighted by Gasteiger charge is -2.24. The molecule has 1 aliphatic rings. The Kier molecular flexibility index (Phi) is 3.69. The van der Waals surface area contributed by atoms with Gasteiger partial charge in [-0.25, -0.2) is 9.67 Å². The normalized spacial score (nSPS) is 21.5. The van der Waals surface area contributed by atoms with Gasteiger partial charge in [-0.15, -0.1) is 0 Å². The highest BCUT2D eigenvalue weighted by molar-refractivity contribution is 5.20. The van der Waals surface area contributed by atoms with Gasteiger partial charge in [0.25, 0.3) is 0 Å². The summed E-state index contributed by atoms with van der Waals surface area (Å²) in [5, 5.41) is 4.51. The van der Waals surface area contributed by atoms with Gasteiger partial charge in [-0.05, 0) is 24.5 Å². The van der Waals surface area contributed by atoms with Crippen molar-refractivity contribution in [1.29, 1.82) is 0 Å². The standard InChI is InChI=1S/C15H20N4O/c1-11-7-9-19-15(14(11)16)17-13(18-19)8-10-20-12-5-3-2-4-6-12/h2-6,11,14H,7-10,16H2,1H3. The van der Waals surface area contributed by atoms with Crippen LogP contribution < -0.4 is 10.5 Å². The van der Waals surface area contributed by atoms with Gasteiger partial charge in [0.05, 0.1) is 12.6 Å². The van der Waals surface area contributed by atoms with Gasteiger partial charge in [-0.1, -0.05) is 25.1 Å². The zero-order valence-corrected chi connectivity index (χ0v) is 11.7. The van der Waals surface area contributed by atoms with Crippen LogP contribution in [0.4, 0.5) is 0 Å². The van der Waals surface area contributed by atoms with Gasteiger partial charge in [0, 0.05) is 13.0 Å². The van der Waals surface area contributed by atoms with E-state index in [0.29, 0.717) is 18.9 Å². The Morgan fingerprint density at radius 1 is 1.35 bits per heavy atom. The zero-order chi connectivity index (χ0) is 13.9. The molecule has 20 heavy (non-hydrogen) atoms. The molecular formula is C15H20N4O. The van der Waals surface area contributed by atoms with Gasteiger partial charge < -0.3 is 10.5 Å². The summed E-state index contributed by atoms with van der Waals surface area (Å²) in [4.78, 5) is 4.56. The molecule has 0 spiro atoms. The minimum atomic E-state index is 0.0000386. The lowest BCUT2D eigenvalue weighted by atomic mass is 9.96. The van der Waals surface area contributed by atoms with E-state index in [1.54, 1.807) is 0 Å². The summed E-state index contributed by atoms with van der Waals surface area (Å²) in [6, 6.07) is 9.79. The van der Waals surface area contributed by atoms with Crippen LogP contribution in [0.3, 0.4) is 0 Å². The Bertz CT molecular complexity index is 567. The third-order valence-electron chi connectivity index (χ3n) is 3.79. The molecule has 5 nitrogen and oxygen atoms in total. The molecular weight excluding hydrogens is 252 g/mol. The Balaban J connectivity index is 1.60. The largest absolute Gasteiger partial charge is 0.493 e. The van der Waals surface area contributed by atoms with Gasteiger partial charge in [-0.3, -0.25) is 0 Å². The lowest BCUT2D eigenvalue weighted by Crippen LogP contribution is -2.29. The molecule has 1 aromatic heterocycles. The minimum Gasteiger partial charge on any atom is -0.493 e. The highest BCUT2D eigenvalue weighted by Gasteiger charge is 2.26. The molecule has 0 bridgehead atoms. The smallest absolute Gasteiger partial charge is 0.154 e. The summed E-state index contributed by atoms with van der Waals surface area (Å²) in [6.07, 6.45) is 1.77. The van der Waals surface area contributed by atoms with Crippen LogP contribution in [-0.2, 0) is 13.0 Å². The number of hydrogen-bond donors (Lipinski definition) is 1. The molecule has 0 saturated carbocycles. The van der Waals surface area contributed by atoms with Crippen molar-refractivity contribution in [2.45, 2.75) is 32.4 Å². The molecule has 0 saturated heterocycles. The molecule has 5 heteroatoms. The van der Waals surface area contributed by atoms with E-state index in [1.165, 1.54) is 0 Å². The number of fused-ring (bicyclic) bond motifs is 1. The number of benzene rings is 1. The number of rotatable bonds is 4. The first kappa shape index (κ1) is 13.1. The Morgan fingerprint density at radius 3 is 2.95 bits per heavy atom. The summed E-state index contributed by atoms with van der Waals surface area (Å²) in [5.74, 6) is 3.08. The summed E-state index contributed by atoms with van der Waals surface area (Å²) < 4.78 is 7.62. The summed E-state index contributed by atoms with van der Waals surface area (Å²) in [7, 11) is 0. The van der Waals surface area contributed by atoms with Crippen molar-refractivity contribution >= 4 is 0 Å². The van der Waals surface area contributed by atoms with Crippen molar-refractivity contribution in [3.8, 4) is 5.75 Å². The Morgan fingerprint density at radius 2 is 2.15 bits per heavy atom. The topological polar surface area (TPSA) is 66.0 Å². The number of aryl methyl sites for hydroxylation is 1. The van der Waals surface area contributed by atoms with Crippen molar-refractivity contribution < 1.29 is 4.74 Å². The second-order valence-corrected chi connectivity index (χ2v) is 5.31. The third kappa shape index (κ3) is 2.67.